The molecule has 0 amide bonds. The molecule has 0 aromatic heterocycles. The van der Waals surface area contributed by atoms with Crippen LogP contribution in [0.15, 0.2) is 84.5 Å². The van der Waals surface area contributed by atoms with Crippen molar-refractivity contribution in [3.63, 3.8) is 0 Å². The van der Waals surface area contributed by atoms with Crippen molar-refractivity contribution in [1.82, 2.24) is 0 Å². The van der Waals surface area contributed by atoms with Gasteiger partial charge in [0.2, 0.25) is 0 Å². The number of hydrogen-bond donors (Lipinski definition) is 0. The van der Waals surface area contributed by atoms with E-state index in [2.05, 4.69) is 106 Å². The molecule has 0 saturated carbocycles. The number of rotatable bonds is 1. The zero-order chi connectivity index (χ0) is 17.4. The summed E-state index contributed by atoms with van der Waals surface area (Å²) in [5.74, 6) is 0.556. The Labute approximate surface area is 176 Å². The largest absolute Gasteiger partial charge is 0.150 e. The molecular weight excluding hydrogens is 408 g/mol. The van der Waals surface area contributed by atoms with E-state index in [0.717, 1.165) is 0 Å². The van der Waals surface area contributed by atoms with Crippen molar-refractivity contribution < 1.29 is 23.3 Å². The van der Waals surface area contributed by atoms with Crippen LogP contribution in [0.1, 0.15) is 13.8 Å². The Morgan fingerprint density at radius 2 is 1.58 bits per heavy atom. The van der Waals surface area contributed by atoms with Crippen molar-refractivity contribution in [3.05, 3.63) is 105 Å². The summed E-state index contributed by atoms with van der Waals surface area (Å²) in [5, 5.41) is 2.65. The maximum atomic E-state index is 3.22. The van der Waals surface area contributed by atoms with Crippen LogP contribution in [0, 0.1) is 26.8 Å². The topological polar surface area (TPSA) is 0 Å². The van der Waals surface area contributed by atoms with E-state index in [1.807, 2.05) is 0 Å². The molecule has 0 heterocycles. The van der Waals surface area contributed by atoms with Crippen molar-refractivity contribution in [2.45, 2.75) is 13.8 Å². The van der Waals surface area contributed by atoms with E-state index in [9.17, 15) is 0 Å². The molecular formula is C24H26SiZr-4. The van der Waals surface area contributed by atoms with Gasteiger partial charge in [-0.25, -0.2) is 11.6 Å². The monoisotopic (exact) mass is 432 g/mol. The molecule has 0 fully saturated rings. The SMILES string of the molecule is CC1=[C-]C(C)C=C1.[CH3-].[CH3-].[Si]=[Zr].c1ccc(-c2c[cH-]c3ccccc23)cc1. The second-order valence-corrected chi connectivity index (χ2v) is 5.68. The number of benzene rings is 2. The van der Waals surface area contributed by atoms with Crippen LogP contribution in [0.25, 0.3) is 21.9 Å². The van der Waals surface area contributed by atoms with Gasteiger partial charge in [0, 0.05) is 0 Å². The molecule has 4 rings (SSSR count). The molecule has 26 heavy (non-hydrogen) atoms. The first-order valence-electron chi connectivity index (χ1n) is 7.97. The van der Waals surface area contributed by atoms with Crippen LogP contribution in [-0.2, 0) is 23.3 Å². The average molecular weight is 434 g/mol. The van der Waals surface area contributed by atoms with Gasteiger partial charge in [0.25, 0.3) is 0 Å². The van der Waals surface area contributed by atoms with Gasteiger partial charge in [0.05, 0.1) is 0 Å². The van der Waals surface area contributed by atoms with Crippen molar-refractivity contribution in [3.8, 4) is 11.1 Å². The second-order valence-electron chi connectivity index (χ2n) is 5.68. The maximum Gasteiger partial charge on any atom is -0.0623 e. The van der Waals surface area contributed by atoms with E-state index in [1.54, 1.807) is 0 Å². The summed E-state index contributed by atoms with van der Waals surface area (Å²) in [6.07, 6.45) is 7.47. The van der Waals surface area contributed by atoms with E-state index in [1.165, 1.54) is 50.8 Å². The first kappa shape index (κ1) is 24.6. The molecule has 0 spiro atoms. The Kier molecular flexibility index (Phi) is 12.2. The van der Waals surface area contributed by atoms with E-state index < -0.39 is 0 Å². The Morgan fingerprint density at radius 3 is 2.12 bits per heavy atom. The number of allylic oxidation sites excluding steroid dienone is 4. The third kappa shape index (κ3) is 6.74. The van der Waals surface area contributed by atoms with Crippen LogP contribution in [0.4, 0.5) is 0 Å². The van der Waals surface area contributed by atoms with E-state index in [0.29, 0.717) is 5.92 Å². The summed E-state index contributed by atoms with van der Waals surface area (Å²) < 4.78 is 0. The predicted molar refractivity (Wildman–Crippen MR) is 114 cm³/mol. The Morgan fingerprint density at radius 1 is 0.962 bits per heavy atom. The average Bonchev–Trinajstić information content (AvgIpc) is 3.23. The van der Waals surface area contributed by atoms with Crippen LogP contribution in [-0.4, -0.2) is 6.88 Å². The van der Waals surface area contributed by atoms with Gasteiger partial charge in [-0.3, -0.25) is 6.08 Å². The van der Waals surface area contributed by atoms with Gasteiger partial charge in [0.15, 0.2) is 0 Å². The number of fused-ring (bicyclic) bond motifs is 1. The molecule has 1 unspecified atom stereocenters. The van der Waals surface area contributed by atoms with Gasteiger partial charge in [-0.05, 0) is 0 Å². The maximum absolute atomic E-state index is 3.22. The second kappa shape index (κ2) is 12.9. The van der Waals surface area contributed by atoms with Crippen molar-refractivity contribution >= 4 is 17.7 Å². The van der Waals surface area contributed by atoms with Gasteiger partial charge in [-0.2, -0.15) is 6.08 Å². The zero-order valence-electron chi connectivity index (χ0n) is 16.1. The van der Waals surface area contributed by atoms with Gasteiger partial charge in [-0.15, -0.1) is 46.7 Å². The van der Waals surface area contributed by atoms with Crippen LogP contribution >= 0.6 is 0 Å². The van der Waals surface area contributed by atoms with E-state index in [-0.39, 0.29) is 14.9 Å². The Balaban J connectivity index is 0.000000489. The number of hydrogen-bond acceptors (Lipinski definition) is 0. The molecule has 2 heteroatoms. The standard InChI is InChI=1S/C15H11.C7H9.2CH3.Si.Zr/c1-2-6-12(7-3-1)15-11-10-13-8-4-5-9-14(13)15;1-6-3-4-7(2)5-6;;;;/h1-11H;3-4,6H,1-2H3;2*1H3;;/q4*-1;;. The molecule has 2 radical (unpaired) electrons. The van der Waals surface area contributed by atoms with E-state index in [4.69, 9.17) is 0 Å². The molecule has 1 aliphatic carbocycles. The van der Waals surface area contributed by atoms with Crippen LogP contribution in [0.5, 0.6) is 0 Å². The quantitative estimate of drug-likeness (QED) is 0.296. The van der Waals surface area contributed by atoms with Gasteiger partial charge < -0.3 is 14.9 Å². The first-order chi connectivity index (χ1) is 11.7. The summed E-state index contributed by atoms with van der Waals surface area (Å²) in [4.78, 5) is 0. The predicted octanol–water partition coefficient (Wildman–Crippen LogP) is 6.68. The fraction of sp³-hybridized carbons (Fsp3) is 0.125. The molecule has 0 bridgehead atoms. The normalized spacial score (nSPS) is 13.9. The van der Waals surface area contributed by atoms with Gasteiger partial charge >= 0.3 is 30.2 Å². The molecule has 0 nitrogen and oxygen atoms in total. The summed E-state index contributed by atoms with van der Waals surface area (Å²) in [6, 6.07) is 23.4. The minimum Gasteiger partial charge on any atom is -0.150 e. The smallest absolute Gasteiger partial charge is 0.0623 e. The molecule has 0 saturated heterocycles. The Hall–Kier alpha value is -1.37. The summed E-state index contributed by atoms with van der Waals surface area (Å²) >= 11 is 1.36. The summed E-state index contributed by atoms with van der Waals surface area (Å²) in [7, 11) is 0. The molecule has 0 N–H and O–H groups in total. The minimum absolute atomic E-state index is 0. The molecule has 134 valence electrons. The molecule has 0 aliphatic heterocycles. The molecule has 1 atom stereocenters. The van der Waals surface area contributed by atoms with Gasteiger partial charge in [-0.1, -0.05) is 61.7 Å². The Bertz CT molecular complexity index is 828. The van der Waals surface area contributed by atoms with E-state index >= 15 is 0 Å². The summed E-state index contributed by atoms with van der Waals surface area (Å²) in [5.41, 5.74) is 3.89. The fourth-order valence-electron chi connectivity index (χ4n) is 2.76. The van der Waals surface area contributed by atoms with Crippen molar-refractivity contribution in [2.75, 3.05) is 0 Å². The fourth-order valence-corrected chi connectivity index (χ4v) is 2.76. The van der Waals surface area contributed by atoms with Crippen molar-refractivity contribution in [1.29, 1.82) is 0 Å². The first-order valence-corrected chi connectivity index (χ1v) is 12.2. The molecule has 1 aliphatic rings. The minimum atomic E-state index is 0. The summed E-state index contributed by atoms with van der Waals surface area (Å²) in [6.45, 7) is 7.26. The van der Waals surface area contributed by atoms with Crippen molar-refractivity contribution in [2.24, 2.45) is 5.92 Å². The third-order valence-electron chi connectivity index (χ3n) is 3.86. The van der Waals surface area contributed by atoms with Crippen LogP contribution in [0.3, 0.4) is 0 Å². The zero-order valence-corrected chi connectivity index (χ0v) is 19.5. The molecule has 3 aromatic carbocycles. The van der Waals surface area contributed by atoms with Crippen LogP contribution < -0.4 is 0 Å². The third-order valence-corrected chi connectivity index (χ3v) is 3.86. The van der Waals surface area contributed by atoms with Crippen LogP contribution in [0.2, 0.25) is 0 Å². The molecule has 3 aromatic rings. The van der Waals surface area contributed by atoms with Gasteiger partial charge in [0.1, 0.15) is 0 Å².